The van der Waals surface area contributed by atoms with Crippen molar-refractivity contribution in [3.8, 4) is 0 Å². The number of alkyl carbamates (subject to hydrolysis) is 1. The van der Waals surface area contributed by atoms with Gasteiger partial charge in [0.05, 0.1) is 12.1 Å². The SMILES string of the molecule is CC(C)c1cccc(C(C)(C)NC(=O)OCC2CO2)c1. The highest BCUT2D eigenvalue weighted by Crippen LogP contribution is 2.24. The van der Waals surface area contributed by atoms with Crippen LogP contribution in [0, 0.1) is 0 Å². The third kappa shape index (κ3) is 3.97. The van der Waals surface area contributed by atoms with E-state index < -0.39 is 11.6 Å². The second-order valence-corrected chi connectivity index (χ2v) is 6.08. The van der Waals surface area contributed by atoms with Crippen LogP contribution in [0.25, 0.3) is 0 Å². The Balaban J connectivity index is 2.00. The fraction of sp³-hybridized carbons (Fsp3) is 0.562. The molecule has 1 aromatic rings. The zero-order valence-corrected chi connectivity index (χ0v) is 12.6. The fourth-order valence-corrected chi connectivity index (χ4v) is 1.98. The summed E-state index contributed by atoms with van der Waals surface area (Å²) in [7, 11) is 0. The van der Waals surface area contributed by atoms with Crippen LogP contribution in [0.2, 0.25) is 0 Å². The molecule has 1 aliphatic rings. The summed E-state index contributed by atoms with van der Waals surface area (Å²) in [4.78, 5) is 11.8. The molecule has 0 spiro atoms. The van der Waals surface area contributed by atoms with Crippen LogP contribution in [-0.2, 0) is 15.0 Å². The molecule has 1 aliphatic heterocycles. The zero-order valence-electron chi connectivity index (χ0n) is 12.6. The van der Waals surface area contributed by atoms with Gasteiger partial charge in [-0.05, 0) is 30.9 Å². The molecule has 0 saturated carbocycles. The van der Waals surface area contributed by atoms with Crippen molar-refractivity contribution < 1.29 is 14.3 Å². The summed E-state index contributed by atoms with van der Waals surface area (Å²) in [6.45, 7) is 9.27. The molecule has 1 atom stereocenters. The Kier molecular flexibility index (Phi) is 4.33. The smallest absolute Gasteiger partial charge is 0.407 e. The molecule has 1 aromatic carbocycles. The van der Waals surface area contributed by atoms with Gasteiger partial charge >= 0.3 is 6.09 Å². The molecule has 4 nitrogen and oxygen atoms in total. The number of epoxide rings is 1. The van der Waals surface area contributed by atoms with Crippen molar-refractivity contribution in [3.63, 3.8) is 0 Å². The normalized spacial score (nSPS) is 17.9. The number of carbonyl (C=O) groups is 1. The van der Waals surface area contributed by atoms with Crippen molar-refractivity contribution in [1.82, 2.24) is 5.32 Å². The largest absolute Gasteiger partial charge is 0.447 e. The summed E-state index contributed by atoms with van der Waals surface area (Å²) >= 11 is 0. The summed E-state index contributed by atoms with van der Waals surface area (Å²) < 4.78 is 10.1. The number of ether oxygens (including phenoxy) is 2. The van der Waals surface area contributed by atoms with Crippen LogP contribution >= 0.6 is 0 Å². The Labute approximate surface area is 120 Å². The number of nitrogens with one attached hydrogen (secondary N) is 1. The van der Waals surface area contributed by atoms with Gasteiger partial charge in [0.25, 0.3) is 0 Å². The van der Waals surface area contributed by atoms with E-state index in [1.807, 2.05) is 26.0 Å². The van der Waals surface area contributed by atoms with E-state index in [0.717, 1.165) is 5.56 Å². The van der Waals surface area contributed by atoms with E-state index in [-0.39, 0.29) is 6.10 Å². The van der Waals surface area contributed by atoms with Crippen LogP contribution in [0.5, 0.6) is 0 Å². The minimum atomic E-state index is -0.466. The number of hydrogen-bond acceptors (Lipinski definition) is 3. The van der Waals surface area contributed by atoms with Crippen LogP contribution in [-0.4, -0.2) is 25.4 Å². The molecule has 1 N–H and O–H groups in total. The summed E-state index contributed by atoms with van der Waals surface area (Å²) in [5.74, 6) is 0.463. The molecule has 1 heterocycles. The molecule has 110 valence electrons. The minimum Gasteiger partial charge on any atom is -0.447 e. The quantitative estimate of drug-likeness (QED) is 0.841. The lowest BCUT2D eigenvalue weighted by atomic mass is 9.90. The fourth-order valence-electron chi connectivity index (χ4n) is 1.98. The van der Waals surface area contributed by atoms with Crippen LogP contribution in [0.3, 0.4) is 0 Å². The lowest BCUT2D eigenvalue weighted by molar-refractivity contribution is 0.126. The van der Waals surface area contributed by atoms with Crippen LogP contribution < -0.4 is 5.32 Å². The van der Waals surface area contributed by atoms with Crippen LogP contribution in [0.15, 0.2) is 24.3 Å². The van der Waals surface area contributed by atoms with Gasteiger partial charge in [-0.2, -0.15) is 0 Å². The molecule has 4 heteroatoms. The second-order valence-electron chi connectivity index (χ2n) is 6.08. The summed E-state index contributed by atoms with van der Waals surface area (Å²) in [6, 6.07) is 8.29. The van der Waals surface area contributed by atoms with Gasteiger partial charge in [-0.15, -0.1) is 0 Å². The Bertz CT molecular complexity index is 478. The summed E-state index contributed by atoms with van der Waals surface area (Å²) in [6.07, 6.45) is -0.311. The molecule has 0 aliphatic carbocycles. The standard InChI is InChI=1S/C16H23NO3/c1-11(2)12-6-5-7-13(8-12)16(3,4)17-15(18)20-10-14-9-19-14/h5-8,11,14H,9-10H2,1-4H3,(H,17,18). The first kappa shape index (κ1) is 14.9. The summed E-state index contributed by atoms with van der Waals surface area (Å²) in [5, 5.41) is 2.91. The maximum Gasteiger partial charge on any atom is 0.407 e. The molecule has 1 unspecified atom stereocenters. The highest BCUT2D eigenvalue weighted by atomic mass is 16.6. The van der Waals surface area contributed by atoms with Crippen molar-refractivity contribution in [1.29, 1.82) is 0 Å². The molecule has 1 amide bonds. The maximum absolute atomic E-state index is 11.8. The molecule has 0 radical (unpaired) electrons. The summed E-state index contributed by atoms with van der Waals surface area (Å²) in [5.41, 5.74) is 1.87. The topological polar surface area (TPSA) is 50.9 Å². The predicted molar refractivity (Wildman–Crippen MR) is 77.8 cm³/mol. The van der Waals surface area contributed by atoms with E-state index in [1.54, 1.807) is 0 Å². The van der Waals surface area contributed by atoms with Crippen LogP contribution in [0.4, 0.5) is 4.79 Å². The number of hydrogen-bond donors (Lipinski definition) is 1. The Hall–Kier alpha value is -1.55. The number of amides is 1. The van der Waals surface area contributed by atoms with Gasteiger partial charge in [0.1, 0.15) is 12.7 Å². The molecular weight excluding hydrogens is 254 g/mol. The number of carbonyl (C=O) groups excluding carboxylic acids is 1. The van der Waals surface area contributed by atoms with E-state index in [9.17, 15) is 4.79 Å². The van der Waals surface area contributed by atoms with Crippen molar-refractivity contribution >= 4 is 6.09 Å². The Morgan fingerprint density at radius 2 is 2.20 bits per heavy atom. The molecule has 1 saturated heterocycles. The molecule has 0 bridgehead atoms. The van der Waals surface area contributed by atoms with Crippen molar-refractivity contribution in [2.75, 3.05) is 13.2 Å². The Morgan fingerprint density at radius 1 is 1.50 bits per heavy atom. The highest BCUT2D eigenvalue weighted by molar-refractivity contribution is 5.68. The van der Waals surface area contributed by atoms with E-state index >= 15 is 0 Å². The first-order valence-corrected chi connectivity index (χ1v) is 7.05. The minimum absolute atomic E-state index is 0.0909. The van der Waals surface area contributed by atoms with Gasteiger partial charge in [0.2, 0.25) is 0 Å². The average Bonchev–Trinajstić information content (AvgIpc) is 3.20. The van der Waals surface area contributed by atoms with E-state index in [1.165, 1.54) is 5.56 Å². The van der Waals surface area contributed by atoms with Gasteiger partial charge in [0, 0.05) is 0 Å². The maximum atomic E-state index is 11.8. The first-order valence-electron chi connectivity index (χ1n) is 7.05. The van der Waals surface area contributed by atoms with Gasteiger partial charge < -0.3 is 14.8 Å². The van der Waals surface area contributed by atoms with Crippen molar-refractivity contribution in [2.24, 2.45) is 0 Å². The highest BCUT2D eigenvalue weighted by Gasteiger charge is 2.27. The van der Waals surface area contributed by atoms with E-state index in [0.29, 0.717) is 19.1 Å². The lowest BCUT2D eigenvalue weighted by Gasteiger charge is -2.27. The second kappa shape index (κ2) is 5.83. The molecular formula is C16H23NO3. The van der Waals surface area contributed by atoms with Crippen molar-refractivity contribution in [2.45, 2.75) is 45.3 Å². The predicted octanol–water partition coefficient (Wildman–Crippen LogP) is 3.17. The lowest BCUT2D eigenvalue weighted by Crippen LogP contribution is -2.41. The molecule has 2 rings (SSSR count). The third-order valence-corrected chi connectivity index (χ3v) is 3.49. The number of rotatable bonds is 5. The van der Waals surface area contributed by atoms with Crippen LogP contribution in [0.1, 0.15) is 44.7 Å². The van der Waals surface area contributed by atoms with Gasteiger partial charge in [-0.25, -0.2) is 4.79 Å². The van der Waals surface area contributed by atoms with Gasteiger partial charge in [-0.1, -0.05) is 38.1 Å². The first-order chi connectivity index (χ1) is 9.38. The Morgan fingerprint density at radius 3 is 2.80 bits per heavy atom. The van der Waals surface area contributed by atoms with Gasteiger partial charge in [-0.3, -0.25) is 0 Å². The molecule has 20 heavy (non-hydrogen) atoms. The van der Waals surface area contributed by atoms with E-state index in [2.05, 4.69) is 31.3 Å². The monoisotopic (exact) mass is 277 g/mol. The zero-order chi connectivity index (χ0) is 14.8. The third-order valence-electron chi connectivity index (χ3n) is 3.49. The molecule has 0 aromatic heterocycles. The number of benzene rings is 1. The average molecular weight is 277 g/mol. The van der Waals surface area contributed by atoms with Gasteiger partial charge in [0.15, 0.2) is 0 Å². The van der Waals surface area contributed by atoms with Crippen molar-refractivity contribution in [3.05, 3.63) is 35.4 Å². The molecule has 1 fully saturated rings. The van der Waals surface area contributed by atoms with E-state index in [4.69, 9.17) is 9.47 Å².